The summed E-state index contributed by atoms with van der Waals surface area (Å²) in [6.45, 7) is 7.47. The molecule has 0 aliphatic rings. The molecule has 0 atom stereocenters. The van der Waals surface area contributed by atoms with Crippen LogP contribution in [0.2, 0.25) is 0 Å². The fraction of sp³-hybridized carbons (Fsp3) is 0.353. The van der Waals surface area contributed by atoms with Crippen LogP contribution in [0.15, 0.2) is 38.5 Å². The number of benzene rings is 1. The SMILES string of the molecule is COC(=S)c1cc(S(=O)(=O)c2cc(Br)cc(OC(C)(C)C)c2)c(C)s1. The van der Waals surface area contributed by atoms with Crippen LogP contribution in [0.1, 0.15) is 30.5 Å². The van der Waals surface area contributed by atoms with Gasteiger partial charge in [0.1, 0.15) is 11.4 Å². The highest BCUT2D eigenvalue weighted by Gasteiger charge is 2.25. The predicted octanol–water partition coefficient (Wildman–Crippen LogP) is 5.15. The van der Waals surface area contributed by atoms with Gasteiger partial charge in [-0.25, -0.2) is 8.42 Å². The number of halogens is 1. The standard InChI is InChI=1S/C17H19BrO4S3/c1-10-15(9-14(24-10)16(23)21-5)25(19,20)13-7-11(18)6-12(8-13)22-17(2,3)4/h6-9H,1-5H3. The molecule has 2 aromatic rings. The Labute approximate surface area is 166 Å². The van der Waals surface area contributed by atoms with Crippen LogP contribution in [0.25, 0.3) is 0 Å². The van der Waals surface area contributed by atoms with Gasteiger partial charge in [0.25, 0.3) is 0 Å². The predicted molar refractivity (Wildman–Crippen MR) is 108 cm³/mol. The quantitative estimate of drug-likeness (QED) is 0.587. The maximum atomic E-state index is 13.1. The zero-order valence-corrected chi connectivity index (χ0v) is 18.6. The number of ether oxygens (including phenoxy) is 2. The minimum absolute atomic E-state index is 0.164. The van der Waals surface area contributed by atoms with Crippen molar-refractivity contribution in [2.45, 2.75) is 43.1 Å². The molecule has 136 valence electrons. The number of thiocarbonyl (C=S) groups is 1. The number of thiophene rings is 1. The smallest absolute Gasteiger partial charge is 0.207 e. The minimum atomic E-state index is -3.71. The van der Waals surface area contributed by atoms with E-state index in [1.165, 1.54) is 24.5 Å². The van der Waals surface area contributed by atoms with Gasteiger partial charge in [-0.15, -0.1) is 11.3 Å². The molecule has 0 amide bonds. The molecule has 4 nitrogen and oxygen atoms in total. The van der Waals surface area contributed by atoms with Crippen molar-refractivity contribution in [3.63, 3.8) is 0 Å². The molecular weight excluding hydrogens is 444 g/mol. The van der Waals surface area contributed by atoms with Crippen LogP contribution in [-0.4, -0.2) is 26.2 Å². The van der Waals surface area contributed by atoms with Gasteiger partial charge in [0.15, 0.2) is 0 Å². The highest BCUT2D eigenvalue weighted by atomic mass is 79.9. The molecule has 0 aliphatic carbocycles. The maximum Gasteiger partial charge on any atom is 0.207 e. The lowest BCUT2D eigenvalue weighted by Gasteiger charge is -2.22. The Kier molecular flexibility index (Phi) is 5.98. The van der Waals surface area contributed by atoms with Crippen molar-refractivity contribution in [2.75, 3.05) is 7.11 Å². The molecule has 0 saturated carbocycles. The Morgan fingerprint density at radius 1 is 1.20 bits per heavy atom. The Morgan fingerprint density at radius 2 is 1.84 bits per heavy atom. The van der Waals surface area contributed by atoms with Crippen LogP contribution in [0.3, 0.4) is 0 Å². The molecule has 0 radical (unpaired) electrons. The molecule has 1 aromatic carbocycles. The number of hydrogen-bond donors (Lipinski definition) is 0. The Bertz CT molecular complexity index is 908. The van der Waals surface area contributed by atoms with Crippen molar-refractivity contribution in [1.29, 1.82) is 0 Å². The second kappa shape index (κ2) is 7.34. The van der Waals surface area contributed by atoms with E-state index in [4.69, 9.17) is 21.7 Å². The average Bonchev–Trinajstić information content (AvgIpc) is 2.86. The lowest BCUT2D eigenvalue weighted by molar-refractivity contribution is 0.130. The first-order valence-corrected chi connectivity index (χ1v) is 10.9. The number of hydrogen-bond acceptors (Lipinski definition) is 6. The zero-order chi connectivity index (χ0) is 19.0. The molecule has 0 unspecified atom stereocenters. The lowest BCUT2D eigenvalue weighted by atomic mass is 10.2. The number of aryl methyl sites for hydroxylation is 1. The van der Waals surface area contributed by atoms with Gasteiger partial charge in [-0.1, -0.05) is 15.9 Å². The summed E-state index contributed by atoms with van der Waals surface area (Å²) in [5, 5.41) is 0.278. The summed E-state index contributed by atoms with van der Waals surface area (Å²) in [4.78, 5) is 1.67. The molecule has 25 heavy (non-hydrogen) atoms. The molecule has 1 aromatic heterocycles. The van der Waals surface area contributed by atoms with Crippen molar-refractivity contribution in [2.24, 2.45) is 0 Å². The van der Waals surface area contributed by atoms with Gasteiger partial charge in [-0.05, 0) is 64.2 Å². The van der Waals surface area contributed by atoms with Gasteiger partial charge < -0.3 is 9.47 Å². The van der Waals surface area contributed by atoms with Crippen LogP contribution in [0.5, 0.6) is 5.75 Å². The normalized spacial score (nSPS) is 12.1. The first kappa shape index (κ1) is 20.4. The Hall–Kier alpha value is -0.960. The summed E-state index contributed by atoms with van der Waals surface area (Å²) < 4.78 is 37.7. The minimum Gasteiger partial charge on any atom is -0.488 e. The van der Waals surface area contributed by atoms with E-state index in [1.807, 2.05) is 20.8 Å². The van der Waals surface area contributed by atoms with Crippen molar-refractivity contribution in [1.82, 2.24) is 0 Å². The molecule has 0 spiro atoms. The van der Waals surface area contributed by atoms with Crippen molar-refractivity contribution < 1.29 is 17.9 Å². The zero-order valence-electron chi connectivity index (χ0n) is 14.5. The topological polar surface area (TPSA) is 52.6 Å². The molecule has 0 aliphatic heterocycles. The van der Waals surface area contributed by atoms with Crippen molar-refractivity contribution >= 4 is 54.4 Å². The van der Waals surface area contributed by atoms with E-state index in [1.54, 1.807) is 25.1 Å². The van der Waals surface area contributed by atoms with Gasteiger partial charge in [-0.2, -0.15) is 0 Å². The number of sulfone groups is 1. The molecule has 0 fully saturated rings. The summed E-state index contributed by atoms with van der Waals surface area (Å²) in [5.41, 5.74) is -0.433. The first-order valence-electron chi connectivity index (χ1n) is 7.37. The Balaban J connectivity index is 2.53. The molecule has 0 saturated heterocycles. The molecule has 2 rings (SSSR count). The van der Waals surface area contributed by atoms with Crippen molar-refractivity contribution in [3.05, 3.63) is 38.5 Å². The largest absolute Gasteiger partial charge is 0.488 e. The molecule has 0 bridgehead atoms. The fourth-order valence-corrected chi connectivity index (χ4v) is 5.79. The highest BCUT2D eigenvalue weighted by molar-refractivity contribution is 9.10. The first-order chi connectivity index (χ1) is 11.4. The third-order valence-corrected chi connectivity index (χ3v) is 7.14. The van der Waals surface area contributed by atoms with Gasteiger partial charge in [0.2, 0.25) is 14.9 Å². The fourth-order valence-electron chi connectivity index (χ4n) is 2.16. The van der Waals surface area contributed by atoms with Crippen molar-refractivity contribution in [3.8, 4) is 5.75 Å². The van der Waals surface area contributed by atoms with Gasteiger partial charge in [0, 0.05) is 9.35 Å². The van der Waals surface area contributed by atoms with Crippen LogP contribution < -0.4 is 4.74 Å². The molecular formula is C17H19BrO4S3. The monoisotopic (exact) mass is 462 g/mol. The van der Waals surface area contributed by atoms with E-state index in [9.17, 15) is 8.42 Å². The third-order valence-electron chi connectivity index (χ3n) is 3.13. The van der Waals surface area contributed by atoms with Crippen LogP contribution in [0.4, 0.5) is 0 Å². The van der Waals surface area contributed by atoms with E-state index < -0.39 is 15.4 Å². The van der Waals surface area contributed by atoms with Crippen LogP contribution in [-0.2, 0) is 14.6 Å². The van der Waals surface area contributed by atoms with Crippen LogP contribution >= 0.6 is 39.5 Å². The van der Waals surface area contributed by atoms with Gasteiger partial charge >= 0.3 is 0 Å². The summed E-state index contributed by atoms with van der Waals surface area (Å²) in [5.74, 6) is 0.487. The Morgan fingerprint density at radius 3 is 2.40 bits per heavy atom. The third kappa shape index (κ3) is 4.81. The lowest BCUT2D eigenvalue weighted by Crippen LogP contribution is -2.23. The second-order valence-electron chi connectivity index (χ2n) is 6.36. The van der Waals surface area contributed by atoms with E-state index >= 15 is 0 Å². The summed E-state index contributed by atoms with van der Waals surface area (Å²) >= 11 is 9.76. The molecule has 8 heteroatoms. The average molecular weight is 463 g/mol. The maximum absolute atomic E-state index is 13.1. The summed E-state index contributed by atoms with van der Waals surface area (Å²) in [6.07, 6.45) is 0. The van der Waals surface area contributed by atoms with E-state index in [-0.39, 0.29) is 14.8 Å². The second-order valence-corrected chi connectivity index (χ2v) is 10.8. The van der Waals surface area contributed by atoms with Crippen LogP contribution in [0, 0.1) is 6.92 Å². The highest BCUT2D eigenvalue weighted by Crippen LogP contribution is 2.34. The van der Waals surface area contributed by atoms with E-state index in [0.29, 0.717) is 20.0 Å². The summed E-state index contributed by atoms with van der Waals surface area (Å²) in [6, 6.07) is 6.41. The number of methoxy groups -OCH3 is 1. The molecule has 0 N–H and O–H groups in total. The van der Waals surface area contributed by atoms with E-state index in [0.717, 1.165) is 0 Å². The summed E-state index contributed by atoms with van der Waals surface area (Å²) in [7, 11) is -2.24. The van der Waals surface area contributed by atoms with Gasteiger partial charge in [-0.3, -0.25) is 0 Å². The molecule has 1 heterocycles. The van der Waals surface area contributed by atoms with E-state index in [2.05, 4.69) is 15.9 Å². The number of rotatable bonds is 4. The van der Waals surface area contributed by atoms with Gasteiger partial charge in [0.05, 0.1) is 21.8 Å².